The number of likely N-dealkylation sites (tertiary alicyclic amines) is 1. The van der Waals surface area contributed by atoms with Crippen molar-refractivity contribution < 1.29 is 44.3 Å². The van der Waals surface area contributed by atoms with E-state index in [2.05, 4.69) is 0 Å². The molecular weight excluding hydrogens is 442 g/mol. The molecule has 0 aromatic heterocycles. The highest BCUT2D eigenvalue weighted by molar-refractivity contribution is 7.86. The molecule has 1 heterocycles. The highest BCUT2D eigenvalue weighted by Crippen LogP contribution is 2.38. The van der Waals surface area contributed by atoms with E-state index in [0.29, 0.717) is 25.9 Å². The molecule has 10 nitrogen and oxygen atoms in total. The van der Waals surface area contributed by atoms with Gasteiger partial charge in [0.1, 0.15) is 5.75 Å². The SMILES string of the molecule is C[C@H](N1CCC(O)(c2ccccc2)CC1)[C@@](O)(OS(C)(=O)=O)c1ccc(O)cc1.O.O.O. The van der Waals surface area contributed by atoms with Crippen molar-refractivity contribution in [2.24, 2.45) is 0 Å². The van der Waals surface area contributed by atoms with Crippen LogP contribution in [-0.4, -0.2) is 70.5 Å². The molecule has 0 aliphatic carbocycles. The molecule has 9 N–H and O–H groups in total. The minimum Gasteiger partial charge on any atom is -0.508 e. The van der Waals surface area contributed by atoms with Crippen LogP contribution in [-0.2, 0) is 25.7 Å². The fourth-order valence-electron chi connectivity index (χ4n) is 3.86. The van der Waals surface area contributed by atoms with Gasteiger partial charge >= 0.3 is 0 Å². The van der Waals surface area contributed by atoms with Crippen LogP contribution in [0.2, 0.25) is 0 Å². The lowest BCUT2D eigenvalue weighted by atomic mass is 9.83. The van der Waals surface area contributed by atoms with Gasteiger partial charge in [0.2, 0.25) is 5.79 Å². The van der Waals surface area contributed by atoms with Crippen LogP contribution in [0, 0.1) is 0 Å². The van der Waals surface area contributed by atoms with E-state index in [1.807, 2.05) is 35.2 Å². The van der Waals surface area contributed by atoms with Crippen molar-refractivity contribution in [2.75, 3.05) is 19.3 Å². The molecule has 0 amide bonds. The summed E-state index contributed by atoms with van der Waals surface area (Å²) in [6, 6.07) is 14.3. The van der Waals surface area contributed by atoms with Gasteiger partial charge in [-0.2, -0.15) is 8.42 Å². The van der Waals surface area contributed by atoms with Crippen LogP contribution in [0.4, 0.5) is 0 Å². The molecule has 1 aliphatic heterocycles. The average molecular weight is 476 g/mol. The summed E-state index contributed by atoms with van der Waals surface area (Å²) in [4.78, 5) is 1.90. The predicted octanol–water partition coefficient (Wildman–Crippen LogP) is -0.589. The number of benzene rings is 2. The van der Waals surface area contributed by atoms with Crippen LogP contribution in [0.1, 0.15) is 30.9 Å². The summed E-state index contributed by atoms with van der Waals surface area (Å²) < 4.78 is 28.9. The number of hydrogen-bond donors (Lipinski definition) is 3. The Morgan fingerprint density at radius 3 is 1.97 bits per heavy atom. The van der Waals surface area contributed by atoms with Crippen molar-refractivity contribution in [3.63, 3.8) is 0 Å². The molecule has 0 radical (unpaired) electrons. The van der Waals surface area contributed by atoms with Gasteiger partial charge in [-0.25, -0.2) is 4.18 Å². The molecule has 0 bridgehead atoms. The Hall–Kier alpha value is -2.09. The molecule has 1 aliphatic rings. The molecule has 2 atom stereocenters. The van der Waals surface area contributed by atoms with Crippen molar-refractivity contribution in [3.8, 4) is 5.75 Å². The molecule has 0 unspecified atom stereocenters. The second-order valence-electron chi connectivity index (χ2n) is 7.64. The largest absolute Gasteiger partial charge is 0.508 e. The summed E-state index contributed by atoms with van der Waals surface area (Å²) in [7, 11) is -3.98. The zero-order chi connectivity index (χ0) is 21.3. The molecule has 1 fully saturated rings. The third-order valence-corrected chi connectivity index (χ3v) is 6.17. The van der Waals surface area contributed by atoms with Crippen LogP contribution in [0.5, 0.6) is 5.75 Å². The molecule has 32 heavy (non-hydrogen) atoms. The second kappa shape index (κ2) is 11.2. The molecule has 182 valence electrons. The molecule has 1 saturated heterocycles. The minimum atomic E-state index is -3.98. The topological polar surface area (TPSA) is 202 Å². The first-order valence-corrected chi connectivity index (χ1v) is 11.3. The quantitative estimate of drug-likeness (QED) is 0.366. The summed E-state index contributed by atoms with van der Waals surface area (Å²) in [6.45, 7) is 2.57. The van der Waals surface area contributed by atoms with Gasteiger partial charge in [-0.3, -0.25) is 4.90 Å². The zero-order valence-corrected chi connectivity index (χ0v) is 18.8. The molecule has 3 rings (SSSR count). The lowest BCUT2D eigenvalue weighted by Gasteiger charge is -2.45. The summed E-state index contributed by atoms with van der Waals surface area (Å²) in [5.41, 5.74) is 0.0943. The van der Waals surface area contributed by atoms with Crippen LogP contribution in [0.15, 0.2) is 54.6 Å². The van der Waals surface area contributed by atoms with Crippen molar-refractivity contribution in [2.45, 2.75) is 37.2 Å². The number of nitrogens with zero attached hydrogens (tertiary/aromatic N) is 1. The fraction of sp³-hybridized carbons (Fsp3) is 0.429. The van der Waals surface area contributed by atoms with Gasteiger partial charge in [0.25, 0.3) is 10.1 Å². The third-order valence-electron chi connectivity index (χ3n) is 5.61. The van der Waals surface area contributed by atoms with Crippen LogP contribution < -0.4 is 0 Å². The Kier molecular flexibility index (Phi) is 10.4. The summed E-state index contributed by atoms with van der Waals surface area (Å²) in [6.07, 6.45) is 1.76. The van der Waals surface area contributed by atoms with E-state index in [4.69, 9.17) is 4.18 Å². The maximum absolute atomic E-state index is 11.9. The van der Waals surface area contributed by atoms with Crippen LogP contribution in [0.3, 0.4) is 0 Å². The number of piperidine rings is 1. The van der Waals surface area contributed by atoms with Crippen LogP contribution in [0.25, 0.3) is 0 Å². The number of phenolic OH excluding ortho intramolecular Hbond substituents is 1. The average Bonchev–Trinajstić information content (AvgIpc) is 2.68. The van der Waals surface area contributed by atoms with Gasteiger partial charge in [0, 0.05) is 18.7 Å². The maximum Gasteiger partial charge on any atom is 0.267 e. The number of aromatic hydroxyl groups is 1. The van der Waals surface area contributed by atoms with Gasteiger partial charge in [0.05, 0.1) is 17.9 Å². The first kappa shape index (κ1) is 29.9. The van der Waals surface area contributed by atoms with Gasteiger partial charge in [-0.15, -0.1) is 0 Å². The minimum absolute atomic E-state index is 0. The highest BCUT2D eigenvalue weighted by atomic mass is 32.2. The number of phenols is 1. The van der Waals surface area contributed by atoms with E-state index >= 15 is 0 Å². The molecule has 2 aromatic rings. The van der Waals surface area contributed by atoms with Crippen molar-refractivity contribution in [1.82, 2.24) is 4.90 Å². The van der Waals surface area contributed by atoms with E-state index in [0.717, 1.165) is 11.8 Å². The standard InChI is InChI=1S/C21H27NO6S.3H2O/c1-16(21(25,28-29(2,26)27)18-8-10-19(23)11-9-18)22-14-12-20(24,13-15-22)17-6-4-3-5-7-17;;;/h3-11,16,23-25H,12-15H2,1-2H3;3*1H2/t16-,21+;;;/m0.../s1. The summed E-state index contributed by atoms with van der Waals surface area (Å²) in [5.74, 6) is -2.14. The molecule has 2 aromatic carbocycles. The second-order valence-corrected chi connectivity index (χ2v) is 9.22. The molecular formula is C21H33NO9S. The van der Waals surface area contributed by atoms with Gasteiger partial charge in [0.15, 0.2) is 0 Å². The smallest absolute Gasteiger partial charge is 0.267 e. The van der Waals surface area contributed by atoms with E-state index in [1.165, 1.54) is 24.3 Å². The normalized spacial score (nSPS) is 18.8. The fourth-order valence-corrected chi connectivity index (χ4v) is 4.55. The molecule has 0 spiro atoms. The van der Waals surface area contributed by atoms with Crippen molar-refractivity contribution in [1.29, 1.82) is 0 Å². The molecule has 0 saturated carbocycles. The first-order valence-electron chi connectivity index (χ1n) is 9.48. The predicted molar refractivity (Wildman–Crippen MR) is 119 cm³/mol. The Labute approximate surface area is 187 Å². The lowest BCUT2D eigenvalue weighted by molar-refractivity contribution is -0.195. The monoisotopic (exact) mass is 475 g/mol. The summed E-state index contributed by atoms with van der Waals surface area (Å²) >= 11 is 0. The summed E-state index contributed by atoms with van der Waals surface area (Å²) in [5, 5.41) is 31.9. The van der Waals surface area contributed by atoms with Crippen molar-refractivity contribution >= 4 is 10.1 Å². The maximum atomic E-state index is 11.9. The Bertz CT molecular complexity index is 930. The van der Waals surface area contributed by atoms with Gasteiger partial charge < -0.3 is 31.7 Å². The lowest BCUT2D eigenvalue weighted by Crippen LogP contribution is -2.55. The first-order chi connectivity index (χ1) is 13.5. The van der Waals surface area contributed by atoms with Gasteiger partial charge in [-0.05, 0) is 49.6 Å². The number of aliphatic hydroxyl groups is 2. The van der Waals surface area contributed by atoms with E-state index in [1.54, 1.807) is 6.92 Å². The van der Waals surface area contributed by atoms with E-state index in [-0.39, 0.29) is 27.7 Å². The Morgan fingerprint density at radius 1 is 1.00 bits per heavy atom. The third kappa shape index (κ3) is 6.47. The zero-order valence-electron chi connectivity index (χ0n) is 18.0. The number of rotatable bonds is 6. The molecule has 11 heteroatoms. The Morgan fingerprint density at radius 2 is 1.50 bits per heavy atom. The van der Waals surface area contributed by atoms with E-state index < -0.39 is 27.5 Å². The van der Waals surface area contributed by atoms with Crippen molar-refractivity contribution in [3.05, 3.63) is 65.7 Å². The van der Waals surface area contributed by atoms with Gasteiger partial charge in [-0.1, -0.05) is 30.3 Å². The highest BCUT2D eigenvalue weighted by Gasteiger charge is 2.46. The van der Waals surface area contributed by atoms with Crippen LogP contribution >= 0.6 is 0 Å². The van der Waals surface area contributed by atoms with E-state index in [9.17, 15) is 23.7 Å². The number of hydrogen-bond acceptors (Lipinski definition) is 7. The Balaban J connectivity index is 0.00000320.